The Bertz CT molecular complexity index is 299. The summed E-state index contributed by atoms with van der Waals surface area (Å²) in [6.07, 6.45) is 0.258. The second-order valence-electron chi connectivity index (χ2n) is 2.87. The summed E-state index contributed by atoms with van der Waals surface area (Å²) < 4.78 is 0. The Balaban J connectivity index is 2.81. The maximum absolute atomic E-state index is 9.09. The number of benzene rings is 1. The van der Waals surface area contributed by atoms with Crippen molar-refractivity contribution in [1.29, 1.82) is 5.26 Å². The van der Waals surface area contributed by atoms with E-state index in [0.717, 1.165) is 5.56 Å². The molecule has 1 rings (SSSR count). The van der Waals surface area contributed by atoms with Crippen molar-refractivity contribution in [2.45, 2.75) is 19.4 Å². The molecule has 0 saturated heterocycles. The number of nitrogens with zero attached hydrogens (tertiary/aromatic N) is 1. The largest absolute Gasteiger partial charge is 0.393 e. The van der Waals surface area contributed by atoms with E-state index in [1.165, 1.54) is 0 Å². The van der Waals surface area contributed by atoms with Gasteiger partial charge in [0.2, 0.25) is 0 Å². The Morgan fingerprint density at radius 2 is 2.33 bits per heavy atom. The summed E-state index contributed by atoms with van der Waals surface area (Å²) in [5.41, 5.74) is 1.65. The number of rotatable bonds is 2. The van der Waals surface area contributed by atoms with E-state index in [4.69, 9.17) is 10.4 Å². The topological polar surface area (TPSA) is 44.0 Å². The molecule has 0 fully saturated rings. The van der Waals surface area contributed by atoms with Crippen LogP contribution < -0.4 is 0 Å². The summed E-state index contributed by atoms with van der Waals surface area (Å²) in [5, 5.41) is 17.7. The summed E-state index contributed by atoms with van der Waals surface area (Å²) >= 11 is 0. The van der Waals surface area contributed by atoms with Gasteiger partial charge in [-0.3, -0.25) is 0 Å². The van der Waals surface area contributed by atoms with Gasteiger partial charge in [-0.1, -0.05) is 12.1 Å². The van der Waals surface area contributed by atoms with Crippen LogP contribution in [-0.4, -0.2) is 11.2 Å². The van der Waals surface area contributed by atoms with E-state index in [2.05, 4.69) is 6.07 Å². The van der Waals surface area contributed by atoms with E-state index in [9.17, 15) is 0 Å². The molecule has 1 aromatic rings. The van der Waals surface area contributed by atoms with E-state index < -0.39 is 0 Å². The molecule has 12 heavy (non-hydrogen) atoms. The Morgan fingerprint density at radius 1 is 1.58 bits per heavy atom. The summed E-state index contributed by atoms with van der Waals surface area (Å²) in [4.78, 5) is 0. The number of hydrogen-bond donors (Lipinski definition) is 1. The molecule has 1 N–H and O–H groups in total. The molecule has 0 heterocycles. The fraction of sp³-hybridized carbons (Fsp3) is 0.300. The van der Waals surface area contributed by atoms with Crippen molar-refractivity contribution in [1.82, 2.24) is 0 Å². The molecule has 1 unspecified atom stereocenters. The molecular formula is C10H11NO. The molecule has 0 aliphatic carbocycles. The van der Waals surface area contributed by atoms with Gasteiger partial charge in [0.05, 0.1) is 17.7 Å². The molecule has 0 aliphatic heterocycles. The number of aliphatic hydroxyl groups excluding tert-OH is 1. The highest BCUT2D eigenvalue weighted by molar-refractivity contribution is 5.32. The zero-order chi connectivity index (χ0) is 8.97. The molecule has 0 amide bonds. The number of aliphatic hydroxyl groups is 1. The third-order valence-electron chi connectivity index (χ3n) is 1.59. The van der Waals surface area contributed by atoms with Gasteiger partial charge in [-0.05, 0) is 31.0 Å². The van der Waals surface area contributed by atoms with Crippen molar-refractivity contribution in [3.63, 3.8) is 0 Å². The lowest BCUT2D eigenvalue weighted by Crippen LogP contribution is -2.03. The van der Waals surface area contributed by atoms with Gasteiger partial charge in [-0.15, -0.1) is 0 Å². The second kappa shape index (κ2) is 3.89. The van der Waals surface area contributed by atoms with Gasteiger partial charge in [-0.2, -0.15) is 5.26 Å². The normalized spacial score (nSPS) is 12.1. The minimum Gasteiger partial charge on any atom is -0.393 e. The van der Waals surface area contributed by atoms with Crippen molar-refractivity contribution < 1.29 is 5.11 Å². The number of nitriles is 1. The monoisotopic (exact) mass is 161 g/mol. The van der Waals surface area contributed by atoms with E-state index in [1.807, 2.05) is 12.1 Å². The van der Waals surface area contributed by atoms with Crippen molar-refractivity contribution in [2.24, 2.45) is 0 Å². The smallest absolute Gasteiger partial charge is 0.0991 e. The lowest BCUT2D eigenvalue weighted by Gasteiger charge is -2.03. The standard InChI is InChI=1S/C10H11NO/c1-8(12)5-9-3-2-4-10(6-9)7-11/h2-4,6,8,12H,5H2,1H3. The van der Waals surface area contributed by atoms with E-state index in [0.29, 0.717) is 12.0 Å². The van der Waals surface area contributed by atoms with E-state index in [1.54, 1.807) is 19.1 Å². The summed E-state index contributed by atoms with van der Waals surface area (Å²) in [6.45, 7) is 1.74. The van der Waals surface area contributed by atoms with Gasteiger partial charge in [0.1, 0.15) is 0 Å². The van der Waals surface area contributed by atoms with Gasteiger partial charge < -0.3 is 5.11 Å². The molecule has 0 aliphatic rings. The fourth-order valence-corrected chi connectivity index (χ4v) is 1.11. The van der Waals surface area contributed by atoms with Gasteiger partial charge in [0, 0.05) is 0 Å². The van der Waals surface area contributed by atoms with Crippen molar-refractivity contribution in [3.05, 3.63) is 35.4 Å². The van der Waals surface area contributed by atoms with Crippen LogP contribution in [0.4, 0.5) is 0 Å². The lowest BCUT2D eigenvalue weighted by molar-refractivity contribution is 0.195. The van der Waals surface area contributed by atoms with Crippen LogP contribution in [0.5, 0.6) is 0 Å². The van der Waals surface area contributed by atoms with Gasteiger partial charge in [0.25, 0.3) is 0 Å². The minimum absolute atomic E-state index is 0.348. The van der Waals surface area contributed by atoms with Crippen LogP contribution in [-0.2, 0) is 6.42 Å². The first kappa shape index (κ1) is 8.76. The highest BCUT2D eigenvalue weighted by Gasteiger charge is 1.99. The fourth-order valence-electron chi connectivity index (χ4n) is 1.11. The first-order valence-corrected chi connectivity index (χ1v) is 3.89. The Kier molecular flexibility index (Phi) is 2.84. The Hall–Kier alpha value is -1.33. The first-order valence-electron chi connectivity index (χ1n) is 3.89. The summed E-state index contributed by atoms with van der Waals surface area (Å²) in [7, 11) is 0. The van der Waals surface area contributed by atoms with Crippen molar-refractivity contribution in [2.75, 3.05) is 0 Å². The van der Waals surface area contributed by atoms with Crippen LogP contribution in [0.2, 0.25) is 0 Å². The molecular weight excluding hydrogens is 150 g/mol. The number of hydrogen-bond acceptors (Lipinski definition) is 2. The lowest BCUT2D eigenvalue weighted by atomic mass is 10.1. The predicted molar refractivity (Wildman–Crippen MR) is 46.5 cm³/mol. The van der Waals surface area contributed by atoms with Crippen LogP contribution in [0, 0.1) is 11.3 Å². The molecule has 0 radical (unpaired) electrons. The van der Waals surface area contributed by atoms with Gasteiger partial charge >= 0.3 is 0 Å². The molecule has 0 saturated carbocycles. The van der Waals surface area contributed by atoms with Crippen LogP contribution in [0.15, 0.2) is 24.3 Å². The average molecular weight is 161 g/mol. The van der Waals surface area contributed by atoms with E-state index in [-0.39, 0.29) is 6.10 Å². The van der Waals surface area contributed by atoms with Crippen LogP contribution in [0.1, 0.15) is 18.1 Å². The summed E-state index contributed by atoms with van der Waals surface area (Å²) in [6, 6.07) is 9.35. The molecule has 0 bridgehead atoms. The maximum Gasteiger partial charge on any atom is 0.0991 e. The minimum atomic E-state index is -0.348. The highest BCUT2D eigenvalue weighted by atomic mass is 16.3. The summed E-state index contributed by atoms with van der Waals surface area (Å²) in [5.74, 6) is 0. The van der Waals surface area contributed by atoms with Crippen LogP contribution in [0.25, 0.3) is 0 Å². The molecule has 62 valence electrons. The van der Waals surface area contributed by atoms with Gasteiger partial charge in [-0.25, -0.2) is 0 Å². The SMILES string of the molecule is CC(O)Cc1cccc(C#N)c1. The first-order chi connectivity index (χ1) is 5.72. The Labute approximate surface area is 72.1 Å². The van der Waals surface area contributed by atoms with Crippen LogP contribution >= 0.6 is 0 Å². The third kappa shape index (κ3) is 2.37. The maximum atomic E-state index is 9.09. The predicted octanol–water partition coefficient (Wildman–Crippen LogP) is 1.48. The quantitative estimate of drug-likeness (QED) is 0.714. The third-order valence-corrected chi connectivity index (χ3v) is 1.59. The molecule has 1 aromatic carbocycles. The van der Waals surface area contributed by atoms with Gasteiger partial charge in [0.15, 0.2) is 0 Å². The molecule has 0 aromatic heterocycles. The zero-order valence-corrected chi connectivity index (χ0v) is 6.99. The zero-order valence-electron chi connectivity index (χ0n) is 6.99. The van der Waals surface area contributed by atoms with Crippen LogP contribution in [0.3, 0.4) is 0 Å². The highest BCUT2D eigenvalue weighted by Crippen LogP contribution is 2.06. The Morgan fingerprint density at radius 3 is 2.92 bits per heavy atom. The van der Waals surface area contributed by atoms with E-state index >= 15 is 0 Å². The molecule has 2 heteroatoms. The molecule has 2 nitrogen and oxygen atoms in total. The van der Waals surface area contributed by atoms with Crippen molar-refractivity contribution in [3.8, 4) is 6.07 Å². The van der Waals surface area contributed by atoms with Crippen molar-refractivity contribution >= 4 is 0 Å². The average Bonchev–Trinajstić information content (AvgIpc) is 2.03. The second-order valence-corrected chi connectivity index (χ2v) is 2.87. The molecule has 0 spiro atoms. The molecule has 1 atom stereocenters.